The number of allylic oxidation sites excluding steroid dienone is 1. The zero-order valence-corrected chi connectivity index (χ0v) is 7.46. The molecule has 0 aromatic rings. The summed E-state index contributed by atoms with van der Waals surface area (Å²) in [6, 6.07) is 0. The number of hydrogen-bond donors (Lipinski definition) is 0. The summed E-state index contributed by atoms with van der Waals surface area (Å²) in [6.07, 6.45) is 7.65. The first-order valence-electron chi connectivity index (χ1n) is 4.97. The number of ketones is 1. The highest BCUT2D eigenvalue weighted by Gasteiger charge is 2.45. The van der Waals surface area contributed by atoms with Crippen molar-refractivity contribution in [3.05, 3.63) is 12.7 Å². The van der Waals surface area contributed by atoms with Gasteiger partial charge in [0.2, 0.25) is 0 Å². The Morgan fingerprint density at radius 2 is 2.33 bits per heavy atom. The minimum absolute atomic E-state index is 0.319. The van der Waals surface area contributed by atoms with Crippen molar-refractivity contribution in [1.82, 2.24) is 0 Å². The van der Waals surface area contributed by atoms with E-state index >= 15 is 0 Å². The van der Waals surface area contributed by atoms with Crippen molar-refractivity contribution in [2.75, 3.05) is 0 Å². The summed E-state index contributed by atoms with van der Waals surface area (Å²) in [5.74, 6) is 2.09. The Morgan fingerprint density at radius 3 is 3.08 bits per heavy atom. The van der Waals surface area contributed by atoms with E-state index in [9.17, 15) is 4.79 Å². The van der Waals surface area contributed by atoms with E-state index in [1.54, 1.807) is 0 Å². The molecule has 0 amide bonds. The quantitative estimate of drug-likeness (QED) is 0.573. The molecular formula is C11H16O. The smallest absolute Gasteiger partial charge is 0.139 e. The Balaban J connectivity index is 2.02. The van der Waals surface area contributed by atoms with Gasteiger partial charge in [-0.15, -0.1) is 6.58 Å². The predicted molar refractivity (Wildman–Crippen MR) is 48.8 cm³/mol. The number of fused-ring (bicyclic) bond motifs is 1. The highest BCUT2D eigenvalue weighted by Crippen LogP contribution is 2.48. The third kappa shape index (κ3) is 1.33. The lowest BCUT2D eigenvalue weighted by Crippen LogP contribution is -2.14. The molecule has 0 aromatic carbocycles. The number of carbonyl (C=O) groups excluding carboxylic acids is 1. The van der Waals surface area contributed by atoms with Crippen molar-refractivity contribution in [1.29, 1.82) is 0 Å². The van der Waals surface area contributed by atoms with Crippen LogP contribution in [0.15, 0.2) is 12.7 Å². The van der Waals surface area contributed by atoms with Gasteiger partial charge < -0.3 is 0 Å². The molecule has 2 rings (SSSR count). The van der Waals surface area contributed by atoms with Gasteiger partial charge in [0, 0.05) is 11.8 Å². The van der Waals surface area contributed by atoms with Crippen LogP contribution in [0.25, 0.3) is 0 Å². The lowest BCUT2D eigenvalue weighted by atomic mass is 9.94. The van der Waals surface area contributed by atoms with E-state index < -0.39 is 0 Å². The fourth-order valence-electron chi connectivity index (χ4n) is 2.42. The Morgan fingerprint density at radius 1 is 1.50 bits per heavy atom. The SMILES string of the molecule is C=CC[C@H]1CCC[C@@H]2C[C@@H]2C1=O. The van der Waals surface area contributed by atoms with Gasteiger partial charge >= 0.3 is 0 Å². The Hall–Kier alpha value is -0.590. The summed E-state index contributed by atoms with van der Waals surface area (Å²) < 4.78 is 0. The van der Waals surface area contributed by atoms with Gasteiger partial charge in [-0.2, -0.15) is 0 Å². The number of rotatable bonds is 2. The van der Waals surface area contributed by atoms with Crippen LogP contribution in [-0.2, 0) is 4.79 Å². The molecule has 0 spiro atoms. The van der Waals surface area contributed by atoms with Crippen molar-refractivity contribution in [3.63, 3.8) is 0 Å². The average Bonchev–Trinajstić information content (AvgIpc) is 2.80. The lowest BCUT2D eigenvalue weighted by Gasteiger charge is -2.10. The first kappa shape index (κ1) is 8.03. The van der Waals surface area contributed by atoms with Gasteiger partial charge in [0.15, 0.2) is 0 Å². The van der Waals surface area contributed by atoms with Crippen LogP contribution in [-0.4, -0.2) is 5.78 Å². The molecule has 2 fully saturated rings. The molecule has 0 N–H and O–H groups in total. The molecule has 66 valence electrons. The molecule has 3 atom stereocenters. The third-order valence-corrected chi connectivity index (χ3v) is 3.27. The molecule has 0 bridgehead atoms. The number of Topliss-reactive ketones (excluding diaryl/α,β-unsaturated/α-hetero) is 1. The summed E-state index contributed by atoms with van der Waals surface area (Å²) in [6.45, 7) is 3.71. The predicted octanol–water partition coefficient (Wildman–Crippen LogP) is 2.57. The van der Waals surface area contributed by atoms with E-state index in [-0.39, 0.29) is 0 Å². The molecule has 0 saturated heterocycles. The van der Waals surface area contributed by atoms with Crippen LogP contribution >= 0.6 is 0 Å². The Labute approximate surface area is 73.8 Å². The maximum Gasteiger partial charge on any atom is 0.139 e. The molecule has 12 heavy (non-hydrogen) atoms. The maximum absolute atomic E-state index is 11.7. The molecule has 0 heterocycles. The molecule has 1 heteroatoms. The van der Waals surface area contributed by atoms with Crippen LogP contribution in [0, 0.1) is 17.8 Å². The average molecular weight is 164 g/mol. The monoisotopic (exact) mass is 164 g/mol. The molecule has 2 aliphatic rings. The van der Waals surface area contributed by atoms with E-state index in [4.69, 9.17) is 0 Å². The number of hydrogen-bond acceptors (Lipinski definition) is 1. The van der Waals surface area contributed by atoms with Crippen LogP contribution in [0.4, 0.5) is 0 Å². The van der Waals surface area contributed by atoms with Crippen LogP contribution < -0.4 is 0 Å². The maximum atomic E-state index is 11.7. The van der Waals surface area contributed by atoms with E-state index in [0.29, 0.717) is 17.6 Å². The largest absolute Gasteiger partial charge is 0.299 e. The Kier molecular flexibility index (Phi) is 2.03. The highest BCUT2D eigenvalue weighted by atomic mass is 16.1. The second kappa shape index (κ2) is 3.04. The van der Waals surface area contributed by atoms with Crippen molar-refractivity contribution in [3.8, 4) is 0 Å². The zero-order chi connectivity index (χ0) is 8.55. The van der Waals surface area contributed by atoms with Crippen molar-refractivity contribution in [2.24, 2.45) is 17.8 Å². The minimum atomic E-state index is 0.319. The van der Waals surface area contributed by atoms with Gasteiger partial charge in [-0.1, -0.05) is 12.5 Å². The molecule has 0 radical (unpaired) electrons. The summed E-state index contributed by atoms with van der Waals surface area (Å²) in [5.41, 5.74) is 0. The molecule has 1 nitrogen and oxygen atoms in total. The van der Waals surface area contributed by atoms with E-state index in [1.807, 2.05) is 6.08 Å². The van der Waals surface area contributed by atoms with Crippen LogP contribution in [0.3, 0.4) is 0 Å². The zero-order valence-electron chi connectivity index (χ0n) is 7.46. The fourth-order valence-corrected chi connectivity index (χ4v) is 2.42. The second-order valence-electron chi connectivity index (χ2n) is 4.16. The summed E-state index contributed by atoms with van der Waals surface area (Å²) in [7, 11) is 0. The molecular weight excluding hydrogens is 148 g/mol. The molecule has 0 aliphatic heterocycles. The van der Waals surface area contributed by atoms with Crippen LogP contribution in [0.5, 0.6) is 0 Å². The van der Waals surface area contributed by atoms with Crippen molar-refractivity contribution >= 4 is 5.78 Å². The summed E-state index contributed by atoms with van der Waals surface area (Å²) >= 11 is 0. The van der Waals surface area contributed by atoms with Crippen molar-refractivity contribution in [2.45, 2.75) is 32.1 Å². The summed E-state index contributed by atoms with van der Waals surface area (Å²) in [4.78, 5) is 11.7. The van der Waals surface area contributed by atoms with Gasteiger partial charge in [-0.25, -0.2) is 0 Å². The van der Waals surface area contributed by atoms with E-state index in [1.165, 1.54) is 19.3 Å². The highest BCUT2D eigenvalue weighted by molar-refractivity contribution is 5.86. The lowest BCUT2D eigenvalue weighted by molar-refractivity contribution is -0.124. The Bertz CT molecular complexity index is 207. The van der Waals surface area contributed by atoms with Gasteiger partial charge in [0.25, 0.3) is 0 Å². The standard InChI is InChI=1S/C11H16O/c1-2-4-8-5-3-6-9-7-10(9)11(8)12/h2,8-10H,1,3-7H2/t8-,9+,10-/m0/s1. The first-order chi connectivity index (χ1) is 5.83. The normalized spacial score (nSPS) is 40.0. The van der Waals surface area contributed by atoms with Gasteiger partial charge in [-0.05, 0) is 31.6 Å². The molecule has 0 unspecified atom stereocenters. The first-order valence-corrected chi connectivity index (χ1v) is 4.97. The minimum Gasteiger partial charge on any atom is -0.299 e. The van der Waals surface area contributed by atoms with Crippen LogP contribution in [0.2, 0.25) is 0 Å². The molecule has 2 saturated carbocycles. The van der Waals surface area contributed by atoms with Gasteiger partial charge in [0.1, 0.15) is 5.78 Å². The van der Waals surface area contributed by atoms with E-state index in [2.05, 4.69) is 6.58 Å². The molecule has 2 aliphatic carbocycles. The van der Waals surface area contributed by atoms with Gasteiger partial charge in [-0.3, -0.25) is 4.79 Å². The van der Waals surface area contributed by atoms with Gasteiger partial charge in [0.05, 0.1) is 0 Å². The second-order valence-corrected chi connectivity index (χ2v) is 4.16. The van der Waals surface area contributed by atoms with Crippen LogP contribution in [0.1, 0.15) is 32.1 Å². The third-order valence-electron chi connectivity index (χ3n) is 3.27. The van der Waals surface area contributed by atoms with Crippen molar-refractivity contribution < 1.29 is 4.79 Å². The topological polar surface area (TPSA) is 17.1 Å². The summed E-state index contributed by atoms with van der Waals surface area (Å²) in [5, 5.41) is 0. The molecule has 0 aromatic heterocycles. The fraction of sp³-hybridized carbons (Fsp3) is 0.727. The number of carbonyl (C=O) groups is 1. The van der Waals surface area contributed by atoms with E-state index in [0.717, 1.165) is 18.8 Å².